The fourth-order valence-electron chi connectivity index (χ4n) is 4.42. The molecule has 10 heteroatoms. The minimum Gasteiger partial charge on any atom is -0.493 e. The molecule has 10 nitrogen and oxygen atoms in total. The smallest absolute Gasteiger partial charge is 0.340 e. The number of nitrogens with zero attached hydrogens (tertiary/aromatic N) is 1. The molecule has 194 valence electrons. The van der Waals surface area contributed by atoms with E-state index in [1.54, 1.807) is 44.2 Å². The van der Waals surface area contributed by atoms with Gasteiger partial charge in [0.15, 0.2) is 17.3 Å². The molecule has 1 atom stereocenters. The number of nitro benzene ring substituents is 1. The first-order chi connectivity index (χ1) is 17.7. The van der Waals surface area contributed by atoms with Crippen LogP contribution in [0.5, 0.6) is 11.5 Å². The lowest BCUT2D eigenvalue weighted by atomic mass is 9.77. The normalized spacial score (nSPS) is 17.3. The number of ether oxygens (including phenoxy) is 4. The minimum atomic E-state index is -0.777. The van der Waals surface area contributed by atoms with E-state index in [-0.39, 0.29) is 29.5 Å². The highest BCUT2D eigenvalue weighted by atomic mass is 16.6. The van der Waals surface area contributed by atoms with E-state index in [2.05, 4.69) is 0 Å². The predicted octanol–water partition coefficient (Wildman–Crippen LogP) is 4.43. The van der Waals surface area contributed by atoms with Crippen molar-refractivity contribution in [1.82, 2.24) is 0 Å². The third-order valence-electron chi connectivity index (χ3n) is 6.11. The van der Waals surface area contributed by atoms with Gasteiger partial charge in [0, 0.05) is 30.5 Å². The fourth-order valence-corrected chi connectivity index (χ4v) is 4.42. The number of hydrogen-bond acceptors (Lipinski definition) is 9. The van der Waals surface area contributed by atoms with Crippen molar-refractivity contribution >= 4 is 17.4 Å². The summed E-state index contributed by atoms with van der Waals surface area (Å²) in [4.78, 5) is 36.5. The highest BCUT2D eigenvalue weighted by Crippen LogP contribution is 2.45. The number of Topliss-reactive ketones (excluding diaryl/α,β-unsaturated/α-hetero) is 1. The largest absolute Gasteiger partial charge is 0.493 e. The minimum absolute atomic E-state index is 0.00722. The number of non-ortho nitro benzene ring substituents is 1. The van der Waals surface area contributed by atoms with E-state index in [1.807, 2.05) is 0 Å². The van der Waals surface area contributed by atoms with Crippen molar-refractivity contribution in [1.29, 1.82) is 0 Å². The van der Waals surface area contributed by atoms with Gasteiger partial charge in [-0.25, -0.2) is 4.79 Å². The molecule has 0 saturated heterocycles. The van der Waals surface area contributed by atoms with Crippen LogP contribution in [0.2, 0.25) is 0 Å². The average Bonchev–Trinajstić information content (AvgIpc) is 2.86. The van der Waals surface area contributed by atoms with Crippen molar-refractivity contribution in [3.63, 3.8) is 0 Å². The molecule has 2 aromatic rings. The zero-order chi connectivity index (χ0) is 26.7. The zero-order valence-electron chi connectivity index (χ0n) is 20.8. The molecule has 0 radical (unpaired) electrons. The lowest BCUT2D eigenvalue weighted by Crippen LogP contribution is -2.32. The number of benzene rings is 2. The van der Waals surface area contributed by atoms with Crippen LogP contribution in [-0.2, 0) is 25.7 Å². The molecule has 0 bridgehead atoms. The van der Waals surface area contributed by atoms with Gasteiger partial charge in [0.1, 0.15) is 17.9 Å². The van der Waals surface area contributed by atoms with Crippen LogP contribution < -0.4 is 15.2 Å². The molecule has 37 heavy (non-hydrogen) atoms. The first-order valence-electron chi connectivity index (χ1n) is 11.9. The quantitative estimate of drug-likeness (QED) is 0.311. The van der Waals surface area contributed by atoms with Gasteiger partial charge in [0.25, 0.3) is 5.69 Å². The molecule has 0 saturated carbocycles. The van der Waals surface area contributed by atoms with Crippen molar-refractivity contribution in [2.75, 3.05) is 7.11 Å². The summed E-state index contributed by atoms with van der Waals surface area (Å²) in [5.74, 6) is -0.346. The van der Waals surface area contributed by atoms with E-state index in [9.17, 15) is 19.7 Å². The molecule has 0 unspecified atom stereocenters. The number of nitrogens with two attached hydrogens (primary N) is 1. The van der Waals surface area contributed by atoms with Crippen LogP contribution in [0.15, 0.2) is 65.3 Å². The van der Waals surface area contributed by atoms with Crippen molar-refractivity contribution in [2.24, 2.45) is 5.73 Å². The van der Waals surface area contributed by atoms with E-state index in [0.29, 0.717) is 47.7 Å². The highest BCUT2D eigenvalue weighted by Gasteiger charge is 2.41. The van der Waals surface area contributed by atoms with Crippen LogP contribution in [0.25, 0.3) is 0 Å². The Kier molecular flexibility index (Phi) is 7.47. The molecule has 2 N–H and O–H groups in total. The fraction of sp³-hybridized carbons (Fsp3) is 0.333. The van der Waals surface area contributed by atoms with Crippen molar-refractivity contribution in [2.45, 2.75) is 51.7 Å². The summed E-state index contributed by atoms with van der Waals surface area (Å²) >= 11 is 0. The summed E-state index contributed by atoms with van der Waals surface area (Å²) < 4.78 is 22.6. The van der Waals surface area contributed by atoms with E-state index < -0.39 is 22.9 Å². The predicted molar refractivity (Wildman–Crippen MR) is 133 cm³/mol. The molecule has 1 aliphatic carbocycles. The van der Waals surface area contributed by atoms with Crippen LogP contribution in [0.3, 0.4) is 0 Å². The van der Waals surface area contributed by atoms with Crippen LogP contribution in [0.1, 0.15) is 50.2 Å². The molecule has 4 rings (SSSR count). The van der Waals surface area contributed by atoms with E-state index in [4.69, 9.17) is 24.7 Å². The van der Waals surface area contributed by atoms with Crippen LogP contribution >= 0.6 is 0 Å². The van der Waals surface area contributed by atoms with Crippen LogP contribution in [-0.4, -0.2) is 29.9 Å². The molecular weight excluding hydrogens is 480 g/mol. The number of ketones is 1. The standard InChI is InChI=1S/C27H28N2O8/c1-15(2)36-27(31)25-23(24-19(30)5-4-6-21(24)37-26(25)28)17-9-12-20(22(13-17)34-3)35-14-16-7-10-18(11-8-16)29(32)33/h7-13,15,23H,4-6,14,28H2,1-3H3/t23-/m1/s1. The van der Waals surface area contributed by atoms with Gasteiger partial charge in [-0.1, -0.05) is 6.07 Å². The van der Waals surface area contributed by atoms with Gasteiger partial charge in [-0.15, -0.1) is 0 Å². The number of allylic oxidation sites excluding steroid dienone is 2. The summed E-state index contributed by atoms with van der Waals surface area (Å²) in [6, 6.07) is 11.2. The molecule has 2 aromatic carbocycles. The van der Waals surface area contributed by atoms with Crippen molar-refractivity contribution < 1.29 is 33.5 Å². The number of rotatable bonds is 8. The molecule has 0 spiro atoms. The van der Waals surface area contributed by atoms with Gasteiger partial charge < -0.3 is 24.7 Å². The molecule has 0 fully saturated rings. The second kappa shape index (κ2) is 10.7. The summed E-state index contributed by atoms with van der Waals surface area (Å²) in [7, 11) is 1.48. The number of esters is 1. The van der Waals surface area contributed by atoms with Gasteiger partial charge in [-0.2, -0.15) is 0 Å². The Morgan fingerprint density at radius 1 is 1.16 bits per heavy atom. The number of carbonyl (C=O) groups is 2. The molecule has 0 aromatic heterocycles. The van der Waals surface area contributed by atoms with Gasteiger partial charge >= 0.3 is 5.97 Å². The van der Waals surface area contributed by atoms with E-state index in [0.717, 1.165) is 5.56 Å². The molecule has 0 amide bonds. The number of methoxy groups -OCH3 is 1. The highest BCUT2D eigenvalue weighted by molar-refractivity contribution is 6.03. The Morgan fingerprint density at radius 3 is 2.54 bits per heavy atom. The zero-order valence-corrected chi connectivity index (χ0v) is 20.8. The van der Waals surface area contributed by atoms with E-state index in [1.165, 1.54) is 19.2 Å². The van der Waals surface area contributed by atoms with Crippen molar-refractivity contribution in [3.05, 3.63) is 86.5 Å². The maximum absolute atomic E-state index is 13.1. The molecule has 1 heterocycles. The van der Waals surface area contributed by atoms with Crippen molar-refractivity contribution in [3.8, 4) is 11.5 Å². The number of carbonyl (C=O) groups excluding carboxylic acids is 2. The van der Waals surface area contributed by atoms with Gasteiger partial charge in [0.2, 0.25) is 5.88 Å². The number of hydrogen-bond donors (Lipinski definition) is 1. The second-order valence-corrected chi connectivity index (χ2v) is 9.00. The third-order valence-corrected chi connectivity index (χ3v) is 6.11. The summed E-state index contributed by atoms with van der Waals surface area (Å²) in [6.07, 6.45) is 1.13. The summed E-state index contributed by atoms with van der Waals surface area (Å²) in [5.41, 5.74) is 7.99. The average molecular weight is 509 g/mol. The maximum Gasteiger partial charge on any atom is 0.340 e. The van der Waals surface area contributed by atoms with Crippen LogP contribution in [0.4, 0.5) is 5.69 Å². The van der Waals surface area contributed by atoms with E-state index >= 15 is 0 Å². The first kappa shape index (κ1) is 25.7. The van der Waals surface area contributed by atoms with Gasteiger partial charge in [-0.05, 0) is 55.7 Å². The molecule has 1 aliphatic heterocycles. The summed E-state index contributed by atoms with van der Waals surface area (Å²) in [5, 5.41) is 10.9. The Hall–Kier alpha value is -4.34. The summed E-state index contributed by atoms with van der Waals surface area (Å²) in [6.45, 7) is 3.60. The Bertz CT molecular complexity index is 1290. The SMILES string of the molecule is COc1cc([C@H]2C(C(=O)OC(C)C)=C(N)OC3=C2C(=O)CCC3)ccc1OCc1ccc([N+](=O)[O-])cc1. The van der Waals surface area contributed by atoms with Gasteiger partial charge in [-0.3, -0.25) is 14.9 Å². The first-order valence-corrected chi connectivity index (χ1v) is 11.9. The lowest BCUT2D eigenvalue weighted by molar-refractivity contribution is -0.384. The number of nitro groups is 1. The van der Waals surface area contributed by atoms with Crippen LogP contribution in [0, 0.1) is 10.1 Å². The molecular formula is C27H28N2O8. The second-order valence-electron chi connectivity index (χ2n) is 9.00. The maximum atomic E-state index is 13.1. The Balaban J connectivity index is 1.67. The molecule has 2 aliphatic rings. The third kappa shape index (κ3) is 5.42. The Morgan fingerprint density at radius 2 is 1.89 bits per heavy atom. The van der Waals surface area contributed by atoms with Gasteiger partial charge in [0.05, 0.1) is 24.1 Å². The lowest BCUT2D eigenvalue weighted by Gasteiger charge is -2.32. The Labute approximate surface area is 213 Å². The monoisotopic (exact) mass is 508 g/mol. The topological polar surface area (TPSA) is 140 Å².